The first-order chi connectivity index (χ1) is 18.5. The molecule has 0 aliphatic carbocycles. The average Bonchev–Trinajstić information content (AvgIpc) is 3.53. The second-order valence-corrected chi connectivity index (χ2v) is 9.11. The van der Waals surface area contributed by atoms with Crippen LogP contribution in [0, 0.1) is 0 Å². The summed E-state index contributed by atoms with van der Waals surface area (Å²) in [6.45, 7) is 1.15. The van der Waals surface area contributed by atoms with E-state index in [9.17, 15) is 9.59 Å². The van der Waals surface area contributed by atoms with Gasteiger partial charge < -0.3 is 23.4 Å². The number of nitrogens with zero attached hydrogens (tertiary/aromatic N) is 2. The zero-order chi connectivity index (χ0) is 26.9. The van der Waals surface area contributed by atoms with Crippen molar-refractivity contribution in [2.24, 2.45) is 4.99 Å². The van der Waals surface area contributed by atoms with Gasteiger partial charge in [0.15, 0.2) is 16.7 Å². The monoisotopic (exact) mass is 536 g/mol. The van der Waals surface area contributed by atoms with Crippen molar-refractivity contribution in [3.63, 3.8) is 0 Å². The average molecular weight is 537 g/mol. The first kappa shape index (κ1) is 27.0. The van der Waals surface area contributed by atoms with Gasteiger partial charge in [-0.05, 0) is 66.2 Å². The predicted molar refractivity (Wildman–Crippen MR) is 145 cm³/mol. The third-order valence-corrected chi connectivity index (χ3v) is 6.51. The van der Waals surface area contributed by atoms with Crippen molar-refractivity contribution < 1.29 is 33.0 Å². The van der Waals surface area contributed by atoms with E-state index in [1.54, 1.807) is 37.3 Å². The van der Waals surface area contributed by atoms with E-state index in [1.165, 1.54) is 24.9 Å². The lowest BCUT2D eigenvalue weighted by Crippen LogP contribution is -2.30. The van der Waals surface area contributed by atoms with Gasteiger partial charge >= 0.3 is 5.97 Å². The van der Waals surface area contributed by atoms with Crippen LogP contribution in [-0.4, -0.2) is 56.4 Å². The van der Waals surface area contributed by atoms with Crippen molar-refractivity contribution >= 4 is 40.6 Å². The van der Waals surface area contributed by atoms with Crippen LogP contribution in [0.3, 0.4) is 0 Å². The zero-order valence-corrected chi connectivity index (χ0v) is 22.2. The lowest BCUT2D eigenvalue weighted by molar-refractivity contribution is -0.122. The van der Waals surface area contributed by atoms with Gasteiger partial charge in [-0.15, -0.1) is 0 Å². The standard InChI is InChI=1S/C28H28N2O7S/c1-33-15-7-14-30-26(31)25(38-28(30)29-20-8-5-4-6-9-20)17-19-10-12-22(24(16-19)34-2)36-18-21-11-13-23(37-21)27(32)35-3/h4-6,8-13,16-17H,7,14-15,18H2,1-3H3/b25-17+,29-28?. The Bertz CT molecular complexity index is 1330. The number of amides is 1. The van der Waals surface area contributed by atoms with Gasteiger partial charge in [0, 0.05) is 20.3 Å². The summed E-state index contributed by atoms with van der Waals surface area (Å²) in [5, 5.41) is 0.625. The molecule has 10 heteroatoms. The van der Waals surface area contributed by atoms with E-state index in [4.69, 9.17) is 23.6 Å². The number of carbonyl (C=O) groups is 2. The lowest BCUT2D eigenvalue weighted by atomic mass is 10.2. The summed E-state index contributed by atoms with van der Waals surface area (Å²) in [6, 6.07) is 18.1. The second-order valence-electron chi connectivity index (χ2n) is 8.10. The van der Waals surface area contributed by atoms with Crippen molar-refractivity contribution in [1.82, 2.24) is 4.90 Å². The highest BCUT2D eigenvalue weighted by Crippen LogP contribution is 2.36. The van der Waals surface area contributed by atoms with Crippen molar-refractivity contribution in [3.05, 3.63) is 82.7 Å². The molecule has 0 atom stereocenters. The summed E-state index contributed by atoms with van der Waals surface area (Å²) in [5.41, 5.74) is 1.55. The van der Waals surface area contributed by atoms with E-state index in [-0.39, 0.29) is 18.3 Å². The van der Waals surface area contributed by atoms with Gasteiger partial charge in [-0.1, -0.05) is 24.3 Å². The normalized spacial score (nSPS) is 15.3. The van der Waals surface area contributed by atoms with Crippen LogP contribution in [0.15, 0.2) is 75.0 Å². The maximum absolute atomic E-state index is 13.3. The molecule has 1 amide bonds. The number of rotatable bonds is 11. The van der Waals surface area contributed by atoms with Crippen LogP contribution in [0.5, 0.6) is 11.5 Å². The maximum Gasteiger partial charge on any atom is 0.373 e. The molecule has 1 fully saturated rings. The Balaban J connectivity index is 1.52. The second kappa shape index (κ2) is 13.0. The fraction of sp³-hybridized carbons (Fsp3) is 0.250. The number of ether oxygens (including phenoxy) is 4. The van der Waals surface area contributed by atoms with Crippen molar-refractivity contribution in [3.8, 4) is 11.5 Å². The number of para-hydroxylation sites is 1. The number of benzene rings is 2. The van der Waals surface area contributed by atoms with Gasteiger partial charge in [0.05, 0.1) is 24.8 Å². The summed E-state index contributed by atoms with van der Waals surface area (Å²) >= 11 is 1.33. The zero-order valence-electron chi connectivity index (χ0n) is 21.3. The summed E-state index contributed by atoms with van der Waals surface area (Å²) in [5.74, 6) is 0.878. The molecule has 1 aliphatic heterocycles. The minimum absolute atomic E-state index is 0.0951. The Kier molecular flexibility index (Phi) is 9.23. The molecule has 198 valence electrons. The van der Waals surface area contributed by atoms with Crippen LogP contribution < -0.4 is 9.47 Å². The number of furan rings is 1. The predicted octanol–water partition coefficient (Wildman–Crippen LogP) is 5.29. The van der Waals surface area contributed by atoms with Crippen LogP contribution in [0.4, 0.5) is 5.69 Å². The van der Waals surface area contributed by atoms with Crippen molar-refractivity contribution in [1.29, 1.82) is 0 Å². The Labute approximate surface area is 225 Å². The molecule has 0 unspecified atom stereocenters. The summed E-state index contributed by atoms with van der Waals surface area (Å²) in [7, 11) is 4.47. The molecular formula is C28H28N2O7S. The molecule has 4 rings (SSSR count). The van der Waals surface area contributed by atoms with Crippen LogP contribution >= 0.6 is 11.8 Å². The molecule has 0 bridgehead atoms. The van der Waals surface area contributed by atoms with Crippen molar-refractivity contribution in [2.45, 2.75) is 13.0 Å². The molecule has 3 aromatic rings. The Morgan fingerprint density at radius 2 is 1.87 bits per heavy atom. The molecular weight excluding hydrogens is 508 g/mol. The molecule has 38 heavy (non-hydrogen) atoms. The molecule has 0 radical (unpaired) electrons. The Morgan fingerprint density at radius 3 is 2.61 bits per heavy atom. The van der Waals surface area contributed by atoms with Gasteiger partial charge in [0.1, 0.15) is 12.4 Å². The number of amidine groups is 1. The molecule has 0 N–H and O–H groups in total. The van der Waals surface area contributed by atoms with Gasteiger partial charge in [-0.2, -0.15) is 0 Å². The highest BCUT2D eigenvalue weighted by Gasteiger charge is 2.33. The lowest BCUT2D eigenvalue weighted by Gasteiger charge is -2.15. The van der Waals surface area contributed by atoms with E-state index in [2.05, 4.69) is 4.74 Å². The van der Waals surface area contributed by atoms with Crippen LogP contribution in [0.2, 0.25) is 0 Å². The minimum atomic E-state index is -0.556. The summed E-state index contributed by atoms with van der Waals surface area (Å²) < 4.78 is 26.6. The summed E-state index contributed by atoms with van der Waals surface area (Å²) in [4.78, 5) is 31.8. The fourth-order valence-corrected chi connectivity index (χ4v) is 4.65. The number of hydrogen-bond donors (Lipinski definition) is 0. The molecule has 1 aliphatic rings. The van der Waals surface area contributed by atoms with Crippen LogP contribution in [0.1, 0.15) is 28.3 Å². The van der Waals surface area contributed by atoms with E-state index < -0.39 is 5.97 Å². The van der Waals surface area contributed by atoms with Gasteiger partial charge in [0.2, 0.25) is 5.76 Å². The fourth-order valence-electron chi connectivity index (χ4n) is 3.63. The van der Waals surface area contributed by atoms with Crippen LogP contribution in [-0.2, 0) is 20.9 Å². The largest absolute Gasteiger partial charge is 0.493 e. The highest BCUT2D eigenvalue weighted by molar-refractivity contribution is 8.18. The molecule has 0 saturated carbocycles. The first-order valence-electron chi connectivity index (χ1n) is 11.8. The number of aliphatic imine (C=N–C) groups is 1. The van der Waals surface area contributed by atoms with E-state index in [1.807, 2.05) is 42.5 Å². The number of methoxy groups -OCH3 is 3. The van der Waals surface area contributed by atoms with Crippen LogP contribution in [0.25, 0.3) is 6.08 Å². The van der Waals surface area contributed by atoms with E-state index in [0.29, 0.717) is 46.9 Å². The first-order valence-corrected chi connectivity index (χ1v) is 12.7. The smallest absolute Gasteiger partial charge is 0.373 e. The molecule has 9 nitrogen and oxygen atoms in total. The topological polar surface area (TPSA) is 99.8 Å². The molecule has 2 heterocycles. The summed E-state index contributed by atoms with van der Waals surface area (Å²) in [6.07, 6.45) is 2.51. The highest BCUT2D eigenvalue weighted by atomic mass is 32.2. The molecule has 1 aromatic heterocycles. The molecule has 2 aromatic carbocycles. The Morgan fingerprint density at radius 1 is 1.05 bits per heavy atom. The number of hydrogen-bond acceptors (Lipinski definition) is 9. The molecule has 0 spiro atoms. The third kappa shape index (κ3) is 6.64. The van der Waals surface area contributed by atoms with Gasteiger partial charge in [0.25, 0.3) is 5.91 Å². The Hall–Kier alpha value is -4.02. The van der Waals surface area contributed by atoms with Gasteiger partial charge in [-0.3, -0.25) is 9.69 Å². The maximum atomic E-state index is 13.3. The number of esters is 1. The van der Waals surface area contributed by atoms with Crippen molar-refractivity contribution in [2.75, 3.05) is 34.5 Å². The number of carbonyl (C=O) groups excluding carboxylic acids is 2. The number of thioether (sulfide) groups is 1. The third-order valence-electron chi connectivity index (χ3n) is 5.50. The quantitative estimate of drug-likeness (QED) is 0.185. The van der Waals surface area contributed by atoms with Gasteiger partial charge in [-0.25, -0.2) is 9.79 Å². The van der Waals surface area contributed by atoms with E-state index in [0.717, 1.165) is 11.3 Å². The molecule has 1 saturated heterocycles. The minimum Gasteiger partial charge on any atom is -0.493 e. The van der Waals surface area contributed by atoms with E-state index >= 15 is 0 Å². The SMILES string of the molecule is COCCCN1C(=O)/C(=C\c2ccc(OCc3ccc(C(=O)OC)o3)c(OC)c2)SC1=Nc1ccccc1.